The molecular weight excluding hydrogens is 598 g/mol. The van der Waals surface area contributed by atoms with Crippen molar-refractivity contribution in [3.05, 3.63) is 61.2 Å². The maximum Gasteiger partial charge on any atom is 0.249 e. The van der Waals surface area contributed by atoms with Gasteiger partial charge in [-0.25, -0.2) is 0 Å². The second-order valence-electron chi connectivity index (χ2n) is 12.7. The summed E-state index contributed by atoms with van der Waals surface area (Å²) in [5.41, 5.74) is -0.621. The molecule has 3 fully saturated rings. The molecule has 230 valence electrons. The molecular formula is C33H46BrN3O5. The fourth-order valence-corrected chi connectivity index (χ4v) is 8.00. The van der Waals surface area contributed by atoms with Crippen LogP contribution in [0.3, 0.4) is 0 Å². The molecule has 0 radical (unpaired) electrons. The number of nitrogens with zero attached hydrogens (tertiary/aromatic N) is 3. The number of ether oxygens (including phenoxy) is 1. The molecule has 42 heavy (non-hydrogen) atoms. The fraction of sp³-hybridized carbons (Fsp3) is 0.606. The molecule has 8 nitrogen and oxygen atoms in total. The molecule has 4 rings (SSSR count). The monoisotopic (exact) mass is 643 g/mol. The van der Waals surface area contributed by atoms with E-state index in [0.29, 0.717) is 45.4 Å². The van der Waals surface area contributed by atoms with Gasteiger partial charge in [-0.1, -0.05) is 71.3 Å². The number of amides is 3. The lowest BCUT2D eigenvalue weighted by molar-refractivity contribution is -0.151. The summed E-state index contributed by atoms with van der Waals surface area (Å²) in [5.74, 6) is -1.96. The molecule has 3 heterocycles. The van der Waals surface area contributed by atoms with Gasteiger partial charge in [0.15, 0.2) is 0 Å². The van der Waals surface area contributed by atoms with Crippen LogP contribution in [-0.4, -0.2) is 91.9 Å². The van der Waals surface area contributed by atoms with Crippen LogP contribution in [0.2, 0.25) is 0 Å². The van der Waals surface area contributed by atoms with Gasteiger partial charge in [0, 0.05) is 43.2 Å². The van der Waals surface area contributed by atoms with Crippen molar-refractivity contribution >= 4 is 33.7 Å². The number of carbonyl (C=O) groups is 3. The van der Waals surface area contributed by atoms with Crippen LogP contribution in [0, 0.1) is 11.8 Å². The minimum Gasteiger partial charge on any atom is -0.396 e. The third-order valence-electron chi connectivity index (χ3n) is 8.88. The summed E-state index contributed by atoms with van der Waals surface area (Å²) in [7, 11) is 0. The second-order valence-corrected chi connectivity index (χ2v) is 13.9. The van der Waals surface area contributed by atoms with E-state index in [-0.39, 0.29) is 29.2 Å². The first kappa shape index (κ1) is 32.4. The van der Waals surface area contributed by atoms with Crippen molar-refractivity contribution in [2.24, 2.45) is 11.8 Å². The Kier molecular flexibility index (Phi) is 10.4. The number of carbonyl (C=O) groups excluding carboxylic acids is 3. The Balaban J connectivity index is 1.72. The van der Waals surface area contributed by atoms with E-state index in [1.54, 1.807) is 26.9 Å². The van der Waals surface area contributed by atoms with Crippen molar-refractivity contribution in [1.29, 1.82) is 0 Å². The Morgan fingerprint density at radius 3 is 2.38 bits per heavy atom. The molecule has 0 saturated carbocycles. The normalized spacial score (nSPS) is 28.1. The van der Waals surface area contributed by atoms with Gasteiger partial charge in [-0.2, -0.15) is 0 Å². The summed E-state index contributed by atoms with van der Waals surface area (Å²) in [5, 5.41) is 9.20. The summed E-state index contributed by atoms with van der Waals surface area (Å²) in [4.78, 5) is 48.3. The number of alkyl halides is 1. The van der Waals surface area contributed by atoms with E-state index in [9.17, 15) is 19.5 Å². The van der Waals surface area contributed by atoms with Gasteiger partial charge in [-0.05, 0) is 45.6 Å². The molecule has 1 aromatic rings. The number of rotatable bonds is 14. The fourth-order valence-electron chi connectivity index (χ4n) is 7.05. The van der Waals surface area contributed by atoms with Gasteiger partial charge in [0.2, 0.25) is 17.7 Å². The lowest BCUT2D eigenvalue weighted by Crippen LogP contribution is -2.60. The largest absolute Gasteiger partial charge is 0.396 e. The summed E-state index contributed by atoms with van der Waals surface area (Å²) in [6, 6.07) is 8.93. The highest BCUT2D eigenvalue weighted by molar-refractivity contribution is 9.09. The zero-order valence-corrected chi connectivity index (χ0v) is 26.8. The molecule has 6 atom stereocenters. The van der Waals surface area contributed by atoms with Gasteiger partial charge in [0.25, 0.3) is 0 Å². The Bertz CT molecular complexity index is 1150. The van der Waals surface area contributed by atoms with Crippen LogP contribution in [0.1, 0.15) is 58.4 Å². The van der Waals surface area contributed by atoms with Gasteiger partial charge in [-0.15, -0.1) is 13.2 Å². The van der Waals surface area contributed by atoms with E-state index < -0.39 is 35.1 Å². The number of fused-ring (bicyclic) bond motifs is 1. The molecule has 3 aliphatic heterocycles. The van der Waals surface area contributed by atoms with Crippen molar-refractivity contribution in [2.45, 2.75) is 87.5 Å². The molecule has 1 N–H and O–H groups in total. The average molecular weight is 645 g/mol. The van der Waals surface area contributed by atoms with Crippen LogP contribution < -0.4 is 0 Å². The van der Waals surface area contributed by atoms with Crippen molar-refractivity contribution in [2.75, 3.05) is 26.2 Å². The molecule has 3 saturated heterocycles. The van der Waals surface area contributed by atoms with Crippen LogP contribution >= 0.6 is 15.9 Å². The van der Waals surface area contributed by atoms with Gasteiger partial charge >= 0.3 is 0 Å². The number of aliphatic hydroxyl groups is 1. The molecule has 3 unspecified atom stereocenters. The smallest absolute Gasteiger partial charge is 0.249 e. The van der Waals surface area contributed by atoms with Crippen LogP contribution in [0.15, 0.2) is 55.6 Å². The van der Waals surface area contributed by atoms with Crippen LogP contribution in [0.4, 0.5) is 0 Å². The first-order valence-corrected chi connectivity index (χ1v) is 16.0. The highest BCUT2D eigenvalue weighted by Crippen LogP contribution is 2.60. The predicted molar refractivity (Wildman–Crippen MR) is 167 cm³/mol. The highest BCUT2D eigenvalue weighted by atomic mass is 79.9. The van der Waals surface area contributed by atoms with Crippen molar-refractivity contribution in [3.63, 3.8) is 0 Å². The number of likely N-dealkylation sites (tertiary alicyclic amines) is 1. The van der Waals surface area contributed by atoms with Crippen LogP contribution in [0.5, 0.6) is 0 Å². The zero-order valence-electron chi connectivity index (χ0n) is 25.2. The molecule has 9 heteroatoms. The third-order valence-corrected chi connectivity index (χ3v) is 9.73. The average Bonchev–Trinajstić information content (AvgIpc) is 3.54. The molecule has 1 aromatic carbocycles. The first-order chi connectivity index (χ1) is 20.0. The van der Waals surface area contributed by atoms with Crippen molar-refractivity contribution < 1.29 is 24.2 Å². The molecule has 2 bridgehead atoms. The number of aliphatic hydroxyl groups excluding tert-OH is 1. The Morgan fingerprint density at radius 2 is 1.76 bits per heavy atom. The number of hydrogen-bond acceptors (Lipinski definition) is 5. The summed E-state index contributed by atoms with van der Waals surface area (Å²) in [6.07, 6.45) is 6.44. The quantitative estimate of drug-likeness (QED) is 0.185. The number of benzene rings is 1. The van der Waals surface area contributed by atoms with E-state index in [1.807, 2.05) is 51.1 Å². The SMILES string of the molecule is C=CCN(Cc1ccccc1)C(=O)[C@H]1[C@@H]2OC3(CC2Br)C(C(=O)N(CC=C)C(C)(C)C)N(CCCCCCO)C(=O)[C@H]13. The number of unbranched alkanes of at least 4 members (excludes halogenated alkanes) is 3. The Morgan fingerprint density at radius 1 is 1.10 bits per heavy atom. The van der Waals surface area contributed by atoms with Gasteiger partial charge in [0.05, 0.1) is 17.9 Å². The predicted octanol–water partition coefficient (Wildman–Crippen LogP) is 4.32. The lowest BCUT2D eigenvalue weighted by Gasteiger charge is -2.42. The first-order valence-electron chi connectivity index (χ1n) is 15.1. The summed E-state index contributed by atoms with van der Waals surface area (Å²) < 4.78 is 6.74. The zero-order chi connectivity index (χ0) is 30.7. The van der Waals surface area contributed by atoms with Crippen molar-refractivity contribution in [1.82, 2.24) is 14.7 Å². The van der Waals surface area contributed by atoms with Crippen LogP contribution in [-0.2, 0) is 25.7 Å². The van der Waals surface area contributed by atoms with Gasteiger partial charge in [-0.3, -0.25) is 14.4 Å². The topological polar surface area (TPSA) is 90.4 Å². The minimum atomic E-state index is -1.10. The third kappa shape index (κ3) is 6.10. The second kappa shape index (κ2) is 13.4. The Labute approximate surface area is 258 Å². The molecule has 0 aromatic heterocycles. The van der Waals surface area contributed by atoms with Crippen molar-refractivity contribution in [3.8, 4) is 0 Å². The van der Waals surface area contributed by atoms with E-state index in [2.05, 4.69) is 29.1 Å². The maximum atomic E-state index is 14.5. The maximum absolute atomic E-state index is 14.5. The van der Waals surface area contributed by atoms with Gasteiger partial charge < -0.3 is 24.5 Å². The minimum absolute atomic E-state index is 0.132. The molecule has 3 aliphatic rings. The van der Waals surface area contributed by atoms with E-state index >= 15 is 0 Å². The molecule has 1 spiro atoms. The van der Waals surface area contributed by atoms with Gasteiger partial charge in [0.1, 0.15) is 11.6 Å². The van der Waals surface area contributed by atoms with E-state index in [4.69, 9.17) is 4.74 Å². The van der Waals surface area contributed by atoms with E-state index in [0.717, 1.165) is 18.4 Å². The summed E-state index contributed by atoms with van der Waals surface area (Å²) in [6.45, 7) is 15.3. The van der Waals surface area contributed by atoms with Crippen LogP contribution in [0.25, 0.3) is 0 Å². The molecule has 0 aliphatic carbocycles. The Hall–Kier alpha value is -2.49. The summed E-state index contributed by atoms with van der Waals surface area (Å²) >= 11 is 3.78. The number of halogens is 1. The highest BCUT2D eigenvalue weighted by Gasteiger charge is 2.77. The van der Waals surface area contributed by atoms with E-state index in [1.165, 1.54) is 0 Å². The lowest BCUT2D eigenvalue weighted by atomic mass is 9.70. The standard InChI is InChI=1S/C33H46BrN3O5/c1-6-17-35(22-23-15-11-10-12-16-23)29(39)25-26-30(40)36(19-13-8-9-14-20-38)28(33(26)21-24(34)27(25)42-33)31(41)37(18-7-2)32(3,4)5/h6-7,10-12,15-16,24-28,38H,1-2,8-9,13-14,17-22H2,3-5H3/t24?,25-,26+,27-,28?,33?/m1/s1. The number of hydrogen-bond donors (Lipinski definition) is 1. The molecule has 3 amide bonds.